The molecule has 0 saturated heterocycles. The molecule has 0 aliphatic carbocycles. The first-order valence-electron chi connectivity index (χ1n) is 11.2. The molecule has 0 saturated carbocycles. The van der Waals surface area contributed by atoms with E-state index in [1.165, 1.54) is 0 Å². The van der Waals surface area contributed by atoms with Crippen LogP contribution in [-0.4, -0.2) is 23.1 Å². The monoisotopic (exact) mass is 426 g/mol. The lowest BCUT2D eigenvalue weighted by molar-refractivity contribution is 0.548. The summed E-state index contributed by atoms with van der Waals surface area (Å²) in [5, 5.41) is 4.45. The Morgan fingerprint density at radius 2 is 1.78 bits per heavy atom. The molecule has 0 radical (unpaired) electrons. The maximum atomic E-state index is 5.77. The molecule has 0 spiro atoms. The normalized spacial score (nSPS) is 11.0. The second-order valence-corrected chi connectivity index (χ2v) is 8.01. The zero-order valence-electron chi connectivity index (χ0n) is 19.1. The fourth-order valence-corrected chi connectivity index (χ4v) is 3.82. The summed E-state index contributed by atoms with van der Waals surface area (Å²) in [6, 6.07) is 18.3. The maximum Gasteiger partial charge on any atom is 0.134 e. The van der Waals surface area contributed by atoms with Crippen LogP contribution < -0.4 is 10.2 Å². The number of hydrogen-bond acceptors (Lipinski definition) is 5. The van der Waals surface area contributed by atoms with Crippen molar-refractivity contribution in [2.45, 2.75) is 33.6 Å². The van der Waals surface area contributed by atoms with Gasteiger partial charge in [-0.2, -0.15) is 0 Å². The van der Waals surface area contributed by atoms with Crippen molar-refractivity contribution in [3.63, 3.8) is 0 Å². The second-order valence-electron chi connectivity index (χ2n) is 8.01. The van der Waals surface area contributed by atoms with Gasteiger partial charge in [-0.1, -0.05) is 32.6 Å². The van der Waals surface area contributed by atoms with Gasteiger partial charge in [0.2, 0.25) is 0 Å². The van der Waals surface area contributed by atoms with Gasteiger partial charge in [0.25, 0.3) is 0 Å². The number of rotatable bonds is 9. The Labute approximate surface area is 189 Å². The van der Waals surface area contributed by atoms with Crippen LogP contribution in [0.5, 0.6) is 0 Å². The van der Waals surface area contributed by atoms with Crippen molar-refractivity contribution in [2.24, 2.45) is 0 Å². The lowest BCUT2D eigenvalue weighted by Crippen LogP contribution is -2.25. The van der Waals surface area contributed by atoms with Crippen LogP contribution >= 0.6 is 0 Å². The molecule has 1 N–H and O–H groups in total. The Balaban J connectivity index is 1.56. The van der Waals surface area contributed by atoms with E-state index in [1.807, 2.05) is 37.4 Å². The third-order valence-electron chi connectivity index (χ3n) is 5.40. The second kappa shape index (κ2) is 9.69. The molecule has 5 nitrogen and oxygen atoms in total. The topological polar surface area (TPSA) is 54.2 Å². The summed E-state index contributed by atoms with van der Waals surface area (Å²) in [7, 11) is 0. The van der Waals surface area contributed by atoms with Gasteiger partial charge in [-0.15, -0.1) is 0 Å². The Morgan fingerprint density at radius 1 is 1.00 bits per heavy atom. The highest BCUT2D eigenvalue weighted by Gasteiger charge is 2.10. The van der Waals surface area contributed by atoms with Crippen molar-refractivity contribution in [1.29, 1.82) is 0 Å². The average Bonchev–Trinajstić information content (AvgIpc) is 3.25. The zero-order chi connectivity index (χ0) is 22.5. The summed E-state index contributed by atoms with van der Waals surface area (Å²) in [6.07, 6.45) is 4.03. The Hall–Kier alpha value is -3.60. The van der Waals surface area contributed by atoms with E-state index in [4.69, 9.17) is 9.40 Å². The van der Waals surface area contributed by atoms with Crippen LogP contribution in [0.1, 0.15) is 38.0 Å². The van der Waals surface area contributed by atoms with Crippen LogP contribution in [0.4, 0.5) is 11.6 Å². The number of pyridine rings is 2. The summed E-state index contributed by atoms with van der Waals surface area (Å²) in [4.78, 5) is 11.7. The molecule has 1 aromatic carbocycles. The first kappa shape index (κ1) is 21.6. The van der Waals surface area contributed by atoms with E-state index in [-0.39, 0.29) is 0 Å². The molecule has 0 fully saturated rings. The van der Waals surface area contributed by atoms with E-state index >= 15 is 0 Å². The van der Waals surface area contributed by atoms with Gasteiger partial charge in [0.1, 0.15) is 23.2 Å². The highest BCUT2D eigenvalue weighted by Crippen LogP contribution is 2.27. The van der Waals surface area contributed by atoms with Crippen LogP contribution in [0, 0.1) is 6.92 Å². The lowest BCUT2D eigenvalue weighted by atomic mass is 10.1. The van der Waals surface area contributed by atoms with Crippen molar-refractivity contribution in [3.8, 4) is 11.3 Å². The number of fused-ring (bicyclic) bond motifs is 1. The van der Waals surface area contributed by atoms with Crippen LogP contribution in [0.3, 0.4) is 0 Å². The molecule has 4 aromatic rings. The van der Waals surface area contributed by atoms with E-state index in [2.05, 4.69) is 66.0 Å². The first-order valence-corrected chi connectivity index (χ1v) is 11.2. The molecule has 164 valence electrons. The quantitative estimate of drug-likeness (QED) is 0.315. The highest BCUT2D eigenvalue weighted by atomic mass is 16.3. The summed E-state index contributed by atoms with van der Waals surface area (Å²) in [6.45, 7) is 12.6. The minimum atomic E-state index is 0.757. The Morgan fingerprint density at radius 3 is 2.50 bits per heavy atom. The smallest absolute Gasteiger partial charge is 0.134 e. The van der Waals surface area contributed by atoms with Gasteiger partial charge in [0.05, 0.1) is 5.52 Å². The number of nitrogens with one attached hydrogen (secondary N) is 1. The number of aryl methyl sites for hydroxylation is 1. The fraction of sp³-hybridized carbons (Fsp3) is 0.259. The van der Waals surface area contributed by atoms with Crippen LogP contribution in [0.25, 0.3) is 27.9 Å². The van der Waals surface area contributed by atoms with E-state index in [9.17, 15) is 0 Å². The lowest BCUT2D eigenvalue weighted by Gasteiger charge is -2.23. The van der Waals surface area contributed by atoms with Crippen molar-refractivity contribution in [1.82, 2.24) is 9.97 Å². The van der Waals surface area contributed by atoms with Gasteiger partial charge in [-0.05, 0) is 62.2 Å². The number of aromatic nitrogens is 2. The Bertz CT molecular complexity index is 1220. The van der Waals surface area contributed by atoms with Crippen molar-refractivity contribution >= 4 is 28.2 Å². The van der Waals surface area contributed by atoms with Gasteiger partial charge in [0.15, 0.2) is 0 Å². The Kier molecular flexibility index (Phi) is 6.55. The van der Waals surface area contributed by atoms with Gasteiger partial charge in [-0.25, -0.2) is 9.97 Å². The average molecular weight is 427 g/mol. The molecule has 0 unspecified atom stereocenters. The largest absolute Gasteiger partial charge is 0.461 e. The molecule has 5 heteroatoms. The number of furan rings is 1. The molecule has 0 aliphatic rings. The van der Waals surface area contributed by atoms with Crippen molar-refractivity contribution < 1.29 is 4.42 Å². The maximum absolute atomic E-state index is 5.77. The van der Waals surface area contributed by atoms with E-state index in [1.54, 1.807) is 0 Å². The summed E-state index contributed by atoms with van der Waals surface area (Å²) < 4.78 is 5.77. The molecule has 0 aliphatic heterocycles. The molecule has 3 heterocycles. The van der Waals surface area contributed by atoms with Gasteiger partial charge in [-0.3, -0.25) is 0 Å². The minimum absolute atomic E-state index is 0.757. The predicted octanol–water partition coefficient (Wildman–Crippen LogP) is 6.91. The summed E-state index contributed by atoms with van der Waals surface area (Å²) in [5.74, 6) is 3.49. The fourth-order valence-electron chi connectivity index (χ4n) is 3.82. The number of anilines is 2. The molecular weight excluding hydrogens is 396 g/mol. The number of nitrogens with zero attached hydrogens (tertiary/aromatic N) is 3. The van der Waals surface area contributed by atoms with Crippen molar-refractivity contribution in [2.75, 3.05) is 23.3 Å². The minimum Gasteiger partial charge on any atom is -0.461 e. The van der Waals surface area contributed by atoms with Crippen LogP contribution in [-0.2, 0) is 0 Å². The molecule has 0 bridgehead atoms. The molecule has 3 aromatic heterocycles. The highest BCUT2D eigenvalue weighted by molar-refractivity contribution is 5.86. The van der Waals surface area contributed by atoms with Crippen molar-refractivity contribution in [3.05, 3.63) is 78.7 Å². The van der Waals surface area contributed by atoms with Gasteiger partial charge in [0, 0.05) is 41.5 Å². The van der Waals surface area contributed by atoms with E-state index in [0.29, 0.717) is 0 Å². The first-order chi connectivity index (χ1) is 15.6. The number of hydrogen-bond donors (Lipinski definition) is 1. The SMILES string of the molecule is C=C(Nc1ccc2ccc(-c3ccc(C)o3)cc2n1)c1ccnc(N(CCC)CCC)c1. The van der Waals surface area contributed by atoms with Crippen LogP contribution in [0.15, 0.2) is 71.8 Å². The molecular formula is C27H30N4O. The van der Waals surface area contributed by atoms with E-state index < -0.39 is 0 Å². The molecule has 0 atom stereocenters. The predicted molar refractivity (Wildman–Crippen MR) is 134 cm³/mol. The summed E-state index contributed by atoms with van der Waals surface area (Å²) >= 11 is 0. The van der Waals surface area contributed by atoms with Gasteiger partial charge >= 0.3 is 0 Å². The molecule has 4 rings (SSSR count). The third kappa shape index (κ3) is 4.83. The molecule has 0 amide bonds. The number of benzene rings is 1. The van der Waals surface area contributed by atoms with Gasteiger partial charge < -0.3 is 14.6 Å². The van der Waals surface area contributed by atoms with E-state index in [0.717, 1.165) is 76.8 Å². The zero-order valence-corrected chi connectivity index (χ0v) is 19.1. The third-order valence-corrected chi connectivity index (χ3v) is 5.40. The molecule has 32 heavy (non-hydrogen) atoms. The standard InChI is InChI=1S/C27H30N4O/c1-5-15-31(16-6-2)27-18-22(13-14-28-27)20(4)29-26-12-10-21-8-9-23(17-24(21)30-26)25-11-7-19(3)32-25/h7-14,17-18H,4-6,15-16H2,1-3H3,(H,29,30). The summed E-state index contributed by atoms with van der Waals surface area (Å²) in [5.41, 5.74) is 3.72. The van der Waals surface area contributed by atoms with Crippen LogP contribution in [0.2, 0.25) is 0 Å².